The zero-order valence-electron chi connectivity index (χ0n) is 18.3. The van der Waals surface area contributed by atoms with E-state index in [9.17, 15) is 0 Å². The monoisotopic (exact) mass is 544 g/mol. The van der Waals surface area contributed by atoms with Crippen LogP contribution in [-0.4, -0.2) is 30.7 Å². The summed E-state index contributed by atoms with van der Waals surface area (Å²) >= 11 is 1.72. The van der Waals surface area contributed by atoms with E-state index in [-0.39, 0.29) is 24.0 Å². The molecule has 3 rings (SSSR count). The summed E-state index contributed by atoms with van der Waals surface area (Å²) in [7, 11) is 1.69. The third kappa shape index (κ3) is 7.01. The molecule has 2 N–H and O–H groups in total. The molecule has 1 heterocycles. The average molecular weight is 545 g/mol. The standard InChI is InChI=1S/C22H32N4O2S.HI/c1-5-23-22(25-14-21-15(2)26-16(3)29-21)24-13-17-10-11-19(27-4)20(12-17)28-18-8-6-7-9-18;/h10-12,18H,5-9,13-14H2,1-4H3,(H2,23,24,25);1H. The van der Waals surface area contributed by atoms with E-state index in [1.54, 1.807) is 18.4 Å². The van der Waals surface area contributed by atoms with Crippen molar-refractivity contribution in [3.8, 4) is 11.5 Å². The Morgan fingerprint density at radius 2 is 1.97 bits per heavy atom. The second-order valence-corrected chi connectivity index (χ2v) is 8.59. The number of nitrogens with one attached hydrogen (secondary N) is 2. The molecule has 1 saturated carbocycles. The lowest BCUT2D eigenvalue weighted by atomic mass is 10.2. The first kappa shape index (κ1) is 24.7. The Labute approximate surface area is 200 Å². The van der Waals surface area contributed by atoms with Crippen molar-refractivity contribution in [3.05, 3.63) is 39.3 Å². The number of hydrogen-bond donors (Lipinski definition) is 2. The van der Waals surface area contributed by atoms with Crippen LogP contribution in [0.5, 0.6) is 11.5 Å². The van der Waals surface area contributed by atoms with E-state index in [4.69, 9.17) is 14.5 Å². The summed E-state index contributed by atoms with van der Waals surface area (Å²) in [4.78, 5) is 10.5. The van der Waals surface area contributed by atoms with Gasteiger partial charge in [-0.15, -0.1) is 35.3 Å². The van der Waals surface area contributed by atoms with E-state index >= 15 is 0 Å². The van der Waals surface area contributed by atoms with Crippen LogP contribution in [0.1, 0.15) is 53.7 Å². The summed E-state index contributed by atoms with van der Waals surface area (Å²) in [5, 5.41) is 7.82. The number of aliphatic imine (C=N–C) groups is 1. The highest BCUT2D eigenvalue weighted by Crippen LogP contribution is 2.32. The predicted octanol–water partition coefficient (Wildman–Crippen LogP) is 4.96. The van der Waals surface area contributed by atoms with Crippen LogP contribution in [0.25, 0.3) is 0 Å². The molecule has 0 atom stereocenters. The molecule has 1 aliphatic rings. The number of guanidine groups is 1. The summed E-state index contributed by atoms with van der Waals surface area (Å²) in [6.45, 7) is 8.26. The van der Waals surface area contributed by atoms with Crippen molar-refractivity contribution < 1.29 is 9.47 Å². The van der Waals surface area contributed by atoms with Gasteiger partial charge >= 0.3 is 0 Å². The molecule has 0 amide bonds. The van der Waals surface area contributed by atoms with Crippen LogP contribution >= 0.6 is 35.3 Å². The Morgan fingerprint density at radius 3 is 2.60 bits per heavy atom. The fourth-order valence-electron chi connectivity index (χ4n) is 3.51. The van der Waals surface area contributed by atoms with E-state index in [0.29, 0.717) is 12.6 Å². The quantitative estimate of drug-likeness (QED) is 0.279. The third-order valence-corrected chi connectivity index (χ3v) is 6.08. The number of methoxy groups -OCH3 is 1. The number of rotatable bonds is 8. The number of hydrogen-bond acceptors (Lipinski definition) is 5. The van der Waals surface area contributed by atoms with Gasteiger partial charge in [-0.25, -0.2) is 9.98 Å². The van der Waals surface area contributed by atoms with Crippen molar-refractivity contribution in [2.24, 2.45) is 4.99 Å². The molecule has 0 radical (unpaired) electrons. The molecule has 30 heavy (non-hydrogen) atoms. The molecule has 0 aliphatic heterocycles. The van der Waals surface area contributed by atoms with Crippen molar-refractivity contribution in [1.82, 2.24) is 15.6 Å². The molecule has 1 aromatic heterocycles. The summed E-state index contributed by atoms with van der Waals surface area (Å²) in [5.74, 6) is 2.40. The lowest BCUT2D eigenvalue weighted by Crippen LogP contribution is -2.36. The first-order valence-corrected chi connectivity index (χ1v) is 11.2. The van der Waals surface area contributed by atoms with Gasteiger partial charge in [0.1, 0.15) is 0 Å². The minimum absolute atomic E-state index is 0. The topological polar surface area (TPSA) is 67.8 Å². The molecule has 166 valence electrons. The molecule has 0 spiro atoms. The fourth-order valence-corrected chi connectivity index (χ4v) is 4.39. The number of halogens is 1. The second kappa shape index (κ2) is 12.3. The smallest absolute Gasteiger partial charge is 0.191 e. The van der Waals surface area contributed by atoms with Crippen LogP contribution in [0.3, 0.4) is 0 Å². The predicted molar refractivity (Wildman–Crippen MR) is 135 cm³/mol. The highest BCUT2D eigenvalue weighted by molar-refractivity contribution is 14.0. The number of benzene rings is 1. The Kier molecular flexibility index (Phi) is 10.2. The number of aryl methyl sites for hydroxylation is 2. The number of ether oxygens (including phenoxy) is 2. The molecule has 1 aliphatic carbocycles. The van der Waals surface area contributed by atoms with Gasteiger partial charge in [0.15, 0.2) is 17.5 Å². The van der Waals surface area contributed by atoms with Crippen molar-refractivity contribution in [1.29, 1.82) is 0 Å². The van der Waals surface area contributed by atoms with Gasteiger partial charge in [-0.1, -0.05) is 6.07 Å². The van der Waals surface area contributed by atoms with Crippen molar-refractivity contribution >= 4 is 41.3 Å². The van der Waals surface area contributed by atoms with Crippen LogP contribution in [0.2, 0.25) is 0 Å². The van der Waals surface area contributed by atoms with Crippen LogP contribution in [-0.2, 0) is 13.1 Å². The Morgan fingerprint density at radius 1 is 1.20 bits per heavy atom. The maximum atomic E-state index is 6.20. The largest absolute Gasteiger partial charge is 0.493 e. The lowest BCUT2D eigenvalue weighted by molar-refractivity contribution is 0.200. The maximum absolute atomic E-state index is 6.20. The van der Waals surface area contributed by atoms with Crippen molar-refractivity contribution in [2.45, 2.75) is 65.6 Å². The molecular weight excluding hydrogens is 511 g/mol. The summed E-state index contributed by atoms with van der Waals surface area (Å²) in [6, 6.07) is 6.07. The minimum Gasteiger partial charge on any atom is -0.493 e. The normalized spacial score (nSPS) is 14.3. The van der Waals surface area contributed by atoms with E-state index in [1.165, 1.54) is 17.7 Å². The first-order chi connectivity index (χ1) is 14.1. The first-order valence-electron chi connectivity index (χ1n) is 10.4. The van der Waals surface area contributed by atoms with Gasteiger partial charge in [-0.05, 0) is 64.2 Å². The van der Waals surface area contributed by atoms with Gasteiger partial charge in [0, 0.05) is 11.4 Å². The molecule has 6 nitrogen and oxygen atoms in total. The molecule has 0 unspecified atom stereocenters. The van der Waals surface area contributed by atoms with E-state index in [2.05, 4.69) is 28.6 Å². The lowest BCUT2D eigenvalue weighted by Gasteiger charge is -2.17. The van der Waals surface area contributed by atoms with Gasteiger partial charge < -0.3 is 20.1 Å². The third-order valence-electron chi connectivity index (χ3n) is 5.00. The average Bonchev–Trinajstić information content (AvgIpc) is 3.33. The van der Waals surface area contributed by atoms with Gasteiger partial charge in [-0.2, -0.15) is 0 Å². The van der Waals surface area contributed by atoms with Crippen molar-refractivity contribution in [3.63, 3.8) is 0 Å². The van der Waals surface area contributed by atoms with E-state index in [0.717, 1.165) is 59.7 Å². The Bertz CT molecular complexity index is 835. The molecular formula is C22H33IN4O2S. The van der Waals surface area contributed by atoms with Gasteiger partial charge in [0.25, 0.3) is 0 Å². The highest BCUT2D eigenvalue weighted by Gasteiger charge is 2.18. The fraction of sp³-hybridized carbons (Fsp3) is 0.545. The van der Waals surface area contributed by atoms with Crippen LogP contribution in [0, 0.1) is 13.8 Å². The minimum atomic E-state index is 0. The maximum Gasteiger partial charge on any atom is 0.191 e. The van der Waals surface area contributed by atoms with Gasteiger partial charge in [0.05, 0.1) is 37.0 Å². The SMILES string of the molecule is CCNC(=NCc1ccc(OC)c(OC2CCCC2)c1)NCc1sc(C)nc1C.I. The van der Waals surface area contributed by atoms with Crippen molar-refractivity contribution in [2.75, 3.05) is 13.7 Å². The van der Waals surface area contributed by atoms with Crippen LogP contribution < -0.4 is 20.1 Å². The zero-order chi connectivity index (χ0) is 20.6. The molecule has 2 aromatic rings. The Hall–Kier alpha value is -1.55. The number of aromatic nitrogens is 1. The second-order valence-electron chi connectivity index (χ2n) is 7.30. The van der Waals surface area contributed by atoms with E-state index < -0.39 is 0 Å². The molecule has 1 fully saturated rings. The number of nitrogens with zero attached hydrogens (tertiary/aromatic N) is 2. The molecule has 8 heteroatoms. The summed E-state index contributed by atoms with van der Waals surface area (Å²) in [5.41, 5.74) is 2.18. The molecule has 0 bridgehead atoms. The van der Waals surface area contributed by atoms with Gasteiger partial charge in [0.2, 0.25) is 0 Å². The van der Waals surface area contributed by atoms with Crippen LogP contribution in [0.4, 0.5) is 0 Å². The van der Waals surface area contributed by atoms with E-state index in [1.807, 2.05) is 26.0 Å². The molecule has 1 aromatic carbocycles. The summed E-state index contributed by atoms with van der Waals surface area (Å²) < 4.78 is 11.7. The highest BCUT2D eigenvalue weighted by atomic mass is 127. The Balaban J connectivity index is 0.00000320. The van der Waals surface area contributed by atoms with Crippen LogP contribution in [0.15, 0.2) is 23.2 Å². The van der Waals surface area contributed by atoms with Gasteiger partial charge in [-0.3, -0.25) is 0 Å². The number of thiazole rings is 1. The summed E-state index contributed by atoms with van der Waals surface area (Å²) in [6.07, 6.45) is 5.03. The molecule has 0 saturated heterocycles. The zero-order valence-corrected chi connectivity index (χ0v) is 21.4.